The first kappa shape index (κ1) is 10.9. The van der Waals surface area contributed by atoms with Gasteiger partial charge in [0.05, 0.1) is 6.61 Å². The first-order chi connectivity index (χ1) is 6.65. The zero-order chi connectivity index (χ0) is 10.6. The van der Waals surface area contributed by atoms with Crippen molar-refractivity contribution in [1.82, 2.24) is 0 Å². The third-order valence-electron chi connectivity index (χ3n) is 2.17. The molecule has 0 aliphatic carbocycles. The van der Waals surface area contributed by atoms with Crippen LogP contribution in [-0.4, -0.2) is 19.5 Å². The fourth-order valence-corrected chi connectivity index (χ4v) is 1.41. The van der Waals surface area contributed by atoms with E-state index in [0.29, 0.717) is 6.61 Å². The summed E-state index contributed by atoms with van der Waals surface area (Å²) in [5.74, 6) is 0.0809. The number of hydrogen-bond donors (Lipinski definition) is 0. The molecule has 2 nitrogen and oxygen atoms in total. The molecule has 0 radical (unpaired) electrons. The van der Waals surface area contributed by atoms with Crippen LogP contribution in [0.3, 0.4) is 0 Å². The summed E-state index contributed by atoms with van der Waals surface area (Å²) in [4.78, 5) is 11.8. The van der Waals surface area contributed by atoms with Crippen LogP contribution < -0.4 is 0 Å². The van der Waals surface area contributed by atoms with Crippen LogP contribution >= 0.6 is 0 Å². The molecule has 0 aliphatic heterocycles. The van der Waals surface area contributed by atoms with Crippen LogP contribution in [0, 0.1) is 12.8 Å². The van der Waals surface area contributed by atoms with Crippen molar-refractivity contribution in [2.45, 2.75) is 13.8 Å². The molecule has 0 N–H and O–H groups in total. The molecule has 1 aromatic carbocycles. The molecule has 0 amide bonds. The highest BCUT2D eigenvalue weighted by atomic mass is 16.5. The molecule has 0 spiro atoms. The molecule has 1 rings (SSSR count). The Morgan fingerprint density at radius 2 is 2.21 bits per heavy atom. The van der Waals surface area contributed by atoms with Crippen LogP contribution in [-0.2, 0) is 4.74 Å². The van der Waals surface area contributed by atoms with Crippen LogP contribution in [0.15, 0.2) is 24.3 Å². The van der Waals surface area contributed by atoms with Crippen LogP contribution in [0.1, 0.15) is 22.8 Å². The van der Waals surface area contributed by atoms with Crippen molar-refractivity contribution >= 4 is 5.78 Å². The predicted octanol–water partition coefficient (Wildman–Crippen LogP) is 2.46. The van der Waals surface area contributed by atoms with Gasteiger partial charge in [-0.15, -0.1) is 0 Å². The summed E-state index contributed by atoms with van der Waals surface area (Å²) in [6.07, 6.45) is 0. The Labute approximate surface area is 84.9 Å². The van der Waals surface area contributed by atoms with E-state index in [2.05, 4.69) is 0 Å². The number of ketones is 1. The average molecular weight is 192 g/mol. The predicted molar refractivity (Wildman–Crippen MR) is 56.5 cm³/mol. The molecule has 1 atom stereocenters. The Hall–Kier alpha value is -1.15. The smallest absolute Gasteiger partial charge is 0.167 e. The molecule has 76 valence electrons. The van der Waals surface area contributed by atoms with E-state index in [1.165, 1.54) is 0 Å². The van der Waals surface area contributed by atoms with Gasteiger partial charge >= 0.3 is 0 Å². The third-order valence-corrected chi connectivity index (χ3v) is 2.17. The van der Waals surface area contributed by atoms with Crippen molar-refractivity contribution in [1.29, 1.82) is 0 Å². The van der Waals surface area contributed by atoms with Crippen molar-refractivity contribution < 1.29 is 9.53 Å². The van der Waals surface area contributed by atoms with Gasteiger partial charge in [-0.2, -0.15) is 0 Å². The molecule has 0 aliphatic rings. The van der Waals surface area contributed by atoms with E-state index >= 15 is 0 Å². The summed E-state index contributed by atoms with van der Waals surface area (Å²) in [6, 6.07) is 7.65. The van der Waals surface area contributed by atoms with E-state index in [4.69, 9.17) is 4.74 Å². The van der Waals surface area contributed by atoms with Gasteiger partial charge in [0.15, 0.2) is 5.78 Å². The lowest BCUT2D eigenvalue weighted by Gasteiger charge is -2.09. The topological polar surface area (TPSA) is 26.3 Å². The largest absolute Gasteiger partial charge is 0.384 e. The minimum atomic E-state index is -0.0678. The molecule has 0 heterocycles. The summed E-state index contributed by atoms with van der Waals surface area (Å²) in [5.41, 5.74) is 1.88. The summed E-state index contributed by atoms with van der Waals surface area (Å²) in [5, 5.41) is 0. The standard InChI is InChI=1S/C12H16O2/c1-9-5-4-6-11(7-9)12(13)10(2)8-14-3/h4-7,10H,8H2,1-3H3. The van der Waals surface area contributed by atoms with Gasteiger partial charge in [0.1, 0.15) is 0 Å². The number of rotatable bonds is 4. The van der Waals surface area contributed by atoms with Gasteiger partial charge < -0.3 is 4.74 Å². The normalized spacial score (nSPS) is 12.5. The van der Waals surface area contributed by atoms with Crippen molar-refractivity contribution in [2.75, 3.05) is 13.7 Å². The quantitative estimate of drug-likeness (QED) is 0.685. The second-order valence-corrected chi connectivity index (χ2v) is 3.59. The Balaban J connectivity index is 2.78. The lowest BCUT2D eigenvalue weighted by atomic mass is 9.99. The zero-order valence-electron chi connectivity index (χ0n) is 8.91. The van der Waals surface area contributed by atoms with Crippen molar-refractivity contribution in [3.8, 4) is 0 Å². The fraction of sp³-hybridized carbons (Fsp3) is 0.417. The minimum Gasteiger partial charge on any atom is -0.384 e. The van der Waals surface area contributed by atoms with E-state index in [9.17, 15) is 4.79 Å². The molecule has 0 bridgehead atoms. The summed E-state index contributed by atoms with van der Waals surface area (Å²) < 4.78 is 4.96. The van der Waals surface area contributed by atoms with Gasteiger partial charge in [-0.25, -0.2) is 0 Å². The number of ether oxygens (including phenoxy) is 1. The van der Waals surface area contributed by atoms with Crippen LogP contribution in [0.5, 0.6) is 0 Å². The highest BCUT2D eigenvalue weighted by Crippen LogP contribution is 2.10. The van der Waals surface area contributed by atoms with Gasteiger partial charge in [-0.3, -0.25) is 4.79 Å². The van der Waals surface area contributed by atoms with Crippen LogP contribution in [0.2, 0.25) is 0 Å². The number of Topliss-reactive ketones (excluding diaryl/α,β-unsaturated/α-hetero) is 1. The van der Waals surface area contributed by atoms with Crippen molar-refractivity contribution in [3.05, 3.63) is 35.4 Å². The summed E-state index contributed by atoms with van der Waals surface area (Å²) >= 11 is 0. The average Bonchev–Trinajstić information content (AvgIpc) is 2.17. The number of methoxy groups -OCH3 is 1. The van der Waals surface area contributed by atoms with E-state index < -0.39 is 0 Å². The number of carbonyl (C=O) groups is 1. The van der Waals surface area contributed by atoms with E-state index in [1.54, 1.807) is 7.11 Å². The Bertz CT molecular complexity index is 318. The lowest BCUT2D eigenvalue weighted by Crippen LogP contribution is -2.16. The monoisotopic (exact) mass is 192 g/mol. The molecule has 2 heteroatoms. The van der Waals surface area contributed by atoms with Gasteiger partial charge in [-0.1, -0.05) is 30.7 Å². The minimum absolute atomic E-state index is 0.0678. The highest BCUT2D eigenvalue weighted by Gasteiger charge is 2.14. The van der Waals surface area contributed by atoms with E-state index in [-0.39, 0.29) is 11.7 Å². The Kier molecular flexibility index (Phi) is 3.84. The number of aryl methyl sites for hydroxylation is 1. The van der Waals surface area contributed by atoms with Gasteiger partial charge in [0, 0.05) is 18.6 Å². The molecule has 1 unspecified atom stereocenters. The SMILES string of the molecule is COCC(C)C(=O)c1cccc(C)c1. The number of hydrogen-bond acceptors (Lipinski definition) is 2. The summed E-state index contributed by atoms with van der Waals surface area (Å²) in [7, 11) is 1.61. The van der Waals surface area contributed by atoms with Crippen molar-refractivity contribution in [2.24, 2.45) is 5.92 Å². The van der Waals surface area contributed by atoms with Gasteiger partial charge in [0.25, 0.3) is 0 Å². The van der Waals surface area contributed by atoms with Crippen molar-refractivity contribution in [3.63, 3.8) is 0 Å². The Morgan fingerprint density at radius 3 is 2.79 bits per heavy atom. The van der Waals surface area contributed by atoms with Crippen LogP contribution in [0.25, 0.3) is 0 Å². The molecule has 1 aromatic rings. The second-order valence-electron chi connectivity index (χ2n) is 3.59. The third kappa shape index (κ3) is 2.67. The molecular weight excluding hydrogens is 176 g/mol. The second kappa shape index (κ2) is 4.91. The lowest BCUT2D eigenvalue weighted by molar-refractivity contribution is 0.0829. The maximum absolute atomic E-state index is 11.8. The molecule has 0 saturated heterocycles. The van der Waals surface area contributed by atoms with E-state index in [1.807, 2.05) is 38.1 Å². The Morgan fingerprint density at radius 1 is 1.50 bits per heavy atom. The van der Waals surface area contributed by atoms with Gasteiger partial charge in [0.2, 0.25) is 0 Å². The number of carbonyl (C=O) groups excluding carboxylic acids is 1. The van der Waals surface area contributed by atoms with Crippen LogP contribution in [0.4, 0.5) is 0 Å². The molecule has 14 heavy (non-hydrogen) atoms. The molecule has 0 saturated carbocycles. The highest BCUT2D eigenvalue weighted by molar-refractivity contribution is 5.97. The fourth-order valence-electron chi connectivity index (χ4n) is 1.41. The first-order valence-electron chi connectivity index (χ1n) is 4.75. The number of benzene rings is 1. The molecule has 0 fully saturated rings. The molecule has 0 aromatic heterocycles. The van der Waals surface area contributed by atoms with E-state index in [0.717, 1.165) is 11.1 Å². The van der Waals surface area contributed by atoms with Gasteiger partial charge in [-0.05, 0) is 13.0 Å². The zero-order valence-corrected chi connectivity index (χ0v) is 8.91. The maximum Gasteiger partial charge on any atom is 0.167 e. The maximum atomic E-state index is 11.8. The summed E-state index contributed by atoms with van der Waals surface area (Å²) in [6.45, 7) is 4.35. The first-order valence-corrected chi connectivity index (χ1v) is 4.75. The molecular formula is C12H16O2.